The van der Waals surface area contributed by atoms with Gasteiger partial charge < -0.3 is 16.2 Å². The molecule has 0 aliphatic carbocycles. The van der Waals surface area contributed by atoms with Crippen LogP contribution in [0.2, 0.25) is 0 Å². The van der Waals surface area contributed by atoms with Crippen molar-refractivity contribution in [2.45, 2.75) is 0 Å². The van der Waals surface area contributed by atoms with Crippen molar-refractivity contribution < 1.29 is 4.74 Å². The van der Waals surface area contributed by atoms with Gasteiger partial charge in [-0.05, 0) is 36.4 Å². The maximum absolute atomic E-state index is 6.09. The number of anilines is 2. The van der Waals surface area contributed by atoms with Gasteiger partial charge in [0.05, 0.1) is 18.5 Å². The molecule has 23 heavy (non-hydrogen) atoms. The zero-order valence-corrected chi connectivity index (χ0v) is 12.5. The number of azo groups is 1. The summed E-state index contributed by atoms with van der Waals surface area (Å²) in [7, 11) is 1.61. The molecule has 0 saturated carbocycles. The SMILES string of the molecule is COc1ccc(N=Nc2c(N)nn(-c3ccccc3)c2N)cc1. The molecule has 0 bridgehead atoms. The van der Waals surface area contributed by atoms with Crippen LogP contribution in [0.1, 0.15) is 0 Å². The van der Waals surface area contributed by atoms with Crippen LogP contribution < -0.4 is 16.2 Å². The smallest absolute Gasteiger partial charge is 0.176 e. The van der Waals surface area contributed by atoms with E-state index in [0.717, 1.165) is 11.4 Å². The van der Waals surface area contributed by atoms with E-state index in [1.807, 2.05) is 30.3 Å². The molecule has 3 aromatic rings. The number of para-hydroxylation sites is 1. The van der Waals surface area contributed by atoms with E-state index >= 15 is 0 Å². The third-order valence-corrected chi connectivity index (χ3v) is 3.26. The van der Waals surface area contributed by atoms with E-state index in [1.54, 1.807) is 31.4 Å². The number of nitrogens with zero attached hydrogens (tertiary/aromatic N) is 4. The van der Waals surface area contributed by atoms with E-state index in [4.69, 9.17) is 16.2 Å². The van der Waals surface area contributed by atoms with Crippen LogP contribution in [0.4, 0.5) is 23.0 Å². The quantitative estimate of drug-likeness (QED) is 0.720. The standard InChI is InChI=1S/C16H16N6O/c1-23-13-9-7-11(8-10-13)19-20-14-15(17)21-22(16(14)18)12-5-3-2-4-6-12/h2-10H,18H2,1H3,(H2,17,21). The summed E-state index contributed by atoms with van der Waals surface area (Å²) in [6.07, 6.45) is 0. The van der Waals surface area contributed by atoms with Crippen LogP contribution in [0.25, 0.3) is 5.69 Å². The highest BCUT2D eigenvalue weighted by atomic mass is 16.5. The number of benzene rings is 2. The molecule has 2 aromatic carbocycles. The second kappa shape index (κ2) is 6.18. The molecular weight excluding hydrogens is 292 g/mol. The lowest BCUT2D eigenvalue weighted by molar-refractivity contribution is 0.415. The third-order valence-electron chi connectivity index (χ3n) is 3.26. The number of hydrogen-bond donors (Lipinski definition) is 2. The molecular formula is C16H16N6O. The highest BCUT2D eigenvalue weighted by Crippen LogP contribution is 2.32. The Morgan fingerprint density at radius 3 is 2.30 bits per heavy atom. The van der Waals surface area contributed by atoms with Gasteiger partial charge in [0, 0.05) is 0 Å². The minimum atomic E-state index is 0.226. The Bertz CT molecular complexity index is 824. The first-order valence-electron chi connectivity index (χ1n) is 6.94. The zero-order valence-electron chi connectivity index (χ0n) is 12.5. The molecule has 7 nitrogen and oxygen atoms in total. The fourth-order valence-corrected chi connectivity index (χ4v) is 2.07. The van der Waals surface area contributed by atoms with E-state index in [1.165, 1.54) is 4.68 Å². The summed E-state index contributed by atoms with van der Waals surface area (Å²) < 4.78 is 6.64. The van der Waals surface area contributed by atoms with Crippen molar-refractivity contribution >= 4 is 23.0 Å². The molecule has 0 aliphatic heterocycles. The van der Waals surface area contributed by atoms with Crippen molar-refractivity contribution in [3.05, 3.63) is 54.6 Å². The van der Waals surface area contributed by atoms with Crippen molar-refractivity contribution in [2.75, 3.05) is 18.6 Å². The van der Waals surface area contributed by atoms with Gasteiger partial charge in [0.15, 0.2) is 17.3 Å². The van der Waals surface area contributed by atoms with Gasteiger partial charge in [-0.1, -0.05) is 18.2 Å². The zero-order chi connectivity index (χ0) is 16.2. The van der Waals surface area contributed by atoms with Crippen LogP contribution in [0, 0.1) is 0 Å². The Morgan fingerprint density at radius 2 is 1.65 bits per heavy atom. The second-order valence-corrected chi connectivity index (χ2v) is 4.76. The molecule has 4 N–H and O–H groups in total. The first kappa shape index (κ1) is 14.6. The average Bonchev–Trinajstić information content (AvgIpc) is 2.88. The van der Waals surface area contributed by atoms with Crippen LogP contribution in [-0.4, -0.2) is 16.9 Å². The fraction of sp³-hybridized carbons (Fsp3) is 0.0625. The van der Waals surface area contributed by atoms with Crippen molar-refractivity contribution in [3.63, 3.8) is 0 Å². The van der Waals surface area contributed by atoms with Crippen LogP contribution in [0.15, 0.2) is 64.8 Å². The second-order valence-electron chi connectivity index (χ2n) is 4.76. The molecule has 0 unspecified atom stereocenters. The molecule has 116 valence electrons. The van der Waals surface area contributed by atoms with E-state index < -0.39 is 0 Å². The average molecular weight is 308 g/mol. The van der Waals surface area contributed by atoms with Gasteiger partial charge >= 0.3 is 0 Å². The lowest BCUT2D eigenvalue weighted by Gasteiger charge is -2.02. The number of hydrogen-bond acceptors (Lipinski definition) is 6. The van der Waals surface area contributed by atoms with Gasteiger partial charge in [0.1, 0.15) is 5.75 Å². The van der Waals surface area contributed by atoms with Crippen molar-refractivity contribution in [1.82, 2.24) is 9.78 Å². The van der Waals surface area contributed by atoms with E-state index in [2.05, 4.69) is 15.3 Å². The summed E-state index contributed by atoms with van der Waals surface area (Å²) in [5, 5.41) is 12.5. The summed E-state index contributed by atoms with van der Waals surface area (Å²) in [6, 6.07) is 16.6. The minimum Gasteiger partial charge on any atom is -0.497 e. The highest BCUT2D eigenvalue weighted by Gasteiger charge is 2.14. The van der Waals surface area contributed by atoms with Crippen LogP contribution >= 0.6 is 0 Å². The summed E-state index contributed by atoms with van der Waals surface area (Å²) in [4.78, 5) is 0. The van der Waals surface area contributed by atoms with E-state index in [-0.39, 0.29) is 5.82 Å². The summed E-state index contributed by atoms with van der Waals surface area (Å²) in [5.74, 6) is 1.31. The number of nitrogen functional groups attached to an aromatic ring is 2. The van der Waals surface area contributed by atoms with E-state index in [0.29, 0.717) is 17.2 Å². The number of rotatable bonds is 4. The number of nitrogens with two attached hydrogens (primary N) is 2. The Morgan fingerprint density at radius 1 is 0.957 bits per heavy atom. The number of methoxy groups -OCH3 is 1. The predicted octanol–water partition coefficient (Wildman–Crippen LogP) is 3.46. The fourth-order valence-electron chi connectivity index (χ4n) is 2.07. The molecule has 0 amide bonds. The molecule has 1 heterocycles. The molecule has 3 rings (SSSR count). The molecule has 0 atom stereocenters. The molecule has 0 fully saturated rings. The summed E-state index contributed by atoms with van der Waals surface area (Å²) in [5.41, 5.74) is 13.8. The van der Waals surface area contributed by atoms with Crippen molar-refractivity contribution in [1.29, 1.82) is 0 Å². The maximum atomic E-state index is 6.09. The molecule has 7 heteroatoms. The van der Waals surface area contributed by atoms with Crippen LogP contribution in [0.3, 0.4) is 0 Å². The Balaban J connectivity index is 1.91. The molecule has 1 aromatic heterocycles. The summed E-state index contributed by atoms with van der Waals surface area (Å²) >= 11 is 0. The summed E-state index contributed by atoms with van der Waals surface area (Å²) in [6.45, 7) is 0. The first-order valence-corrected chi connectivity index (χ1v) is 6.94. The van der Waals surface area contributed by atoms with Gasteiger partial charge in [-0.25, -0.2) is 4.68 Å². The van der Waals surface area contributed by atoms with Crippen molar-refractivity contribution in [3.8, 4) is 11.4 Å². The van der Waals surface area contributed by atoms with Crippen LogP contribution in [0.5, 0.6) is 5.75 Å². The van der Waals surface area contributed by atoms with E-state index in [9.17, 15) is 0 Å². The lowest BCUT2D eigenvalue weighted by Crippen LogP contribution is -2.01. The van der Waals surface area contributed by atoms with Gasteiger partial charge in [-0.3, -0.25) is 0 Å². The topological polar surface area (TPSA) is 104 Å². The van der Waals surface area contributed by atoms with Gasteiger partial charge in [0.2, 0.25) is 0 Å². The third kappa shape index (κ3) is 2.98. The Hall–Kier alpha value is -3.35. The normalized spacial score (nSPS) is 11.0. The van der Waals surface area contributed by atoms with Crippen molar-refractivity contribution in [2.24, 2.45) is 10.2 Å². The van der Waals surface area contributed by atoms with Crippen LogP contribution in [-0.2, 0) is 0 Å². The maximum Gasteiger partial charge on any atom is 0.176 e. The highest BCUT2D eigenvalue weighted by molar-refractivity contribution is 5.73. The lowest BCUT2D eigenvalue weighted by atomic mass is 10.3. The predicted molar refractivity (Wildman–Crippen MR) is 89.6 cm³/mol. The van der Waals surface area contributed by atoms with Gasteiger partial charge in [-0.2, -0.15) is 5.11 Å². The molecule has 0 spiro atoms. The molecule has 0 radical (unpaired) electrons. The number of aromatic nitrogens is 2. The van der Waals surface area contributed by atoms with Gasteiger partial charge in [0.25, 0.3) is 0 Å². The molecule has 0 saturated heterocycles. The minimum absolute atomic E-state index is 0.226. The largest absolute Gasteiger partial charge is 0.497 e. The van der Waals surface area contributed by atoms with Gasteiger partial charge in [-0.15, -0.1) is 10.2 Å². The Kier molecular flexibility index (Phi) is 3.92. The monoisotopic (exact) mass is 308 g/mol. The number of ether oxygens (including phenoxy) is 1. The Labute approximate surface area is 133 Å². The molecule has 0 aliphatic rings. The first-order chi connectivity index (χ1) is 11.2.